The van der Waals surface area contributed by atoms with Gasteiger partial charge in [-0.2, -0.15) is 0 Å². The highest BCUT2D eigenvalue weighted by Gasteiger charge is 2.21. The van der Waals surface area contributed by atoms with Crippen molar-refractivity contribution in [2.24, 2.45) is 0 Å². The number of halogens is 1. The van der Waals surface area contributed by atoms with E-state index in [0.717, 1.165) is 21.9 Å². The van der Waals surface area contributed by atoms with Crippen molar-refractivity contribution < 1.29 is 9.59 Å². The molecule has 2 aromatic rings. The number of nitrogens with one attached hydrogen (secondary N) is 1. The maximum absolute atomic E-state index is 12.6. The largest absolute Gasteiger partial charge is 0.355 e. The van der Waals surface area contributed by atoms with Crippen LogP contribution in [0.15, 0.2) is 53.4 Å². The van der Waals surface area contributed by atoms with Crippen LogP contribution in [0.1, 0.15) is 15.9 Å². The molecule has 1 aliphatic heterocycles. The summed E-state index contributed by atoms with van der Waals surface area (Å²) in [5, 5.41) is 3.20. The Labute approximate surface area is 155 Å². The Hall–Kier alpha value is -2.24. The van der Waals surface area contributed by atoms with Gasteiger partial charge in [0.25, 0.3) is 11.8 Å². The van der Waals surface area contributed by atoms with Gasteiger partial charge in [0, 0.05) is 40.9 Å². The van der Waals surface area contributed by atoms with Gasteiger partial charge in [-0.3, -0.25) is 9.59 Å². The summed E-state index contributed by atoms with van der Waals surface area (Å²) in [4.78, 5) is 26.9. The summed E-state index contributed by atoms with van der Waals surface area (Å²) in [6.45, 7) is 0.650. The first-order valence-corrected chi connectivity index (χ1v) is 9.19. The van der Waals surface area contributed by atoms with Gasteiger partial charge in [-0.1, -0.05) is 23.7 Å². The Kier molecular flexibility index (Phi) is 5.46. The quantitative estimate of drug-likeness (QED) is 0.832. The van der Waals surface area contributed by atoms with Crippen molar-refractivity contribution in [2.45, 2.75) is 4.90 Å². The van der Waals surface area contributed by atoms with Gasteiger partial charge in [0.1, 0.15) is 0 Å². The predicted molar refractivity (Wildman–Crippen MR) is 103 cm³/mol. The SMILES string of the molecule is CNC(=O)c1ccc(/C=C/C(=O)N2CCSc3ccc(Cl)cc32)cc1. The number of rotatable bonds is 3. The zero-order valence-corrected chi connectivity index (χ0v) is 15.2. The number of anilines is 1. The molecule has 0 fully saturated rings. The van der Waals surface area contributed by atoms with Crippen LogP contribution in [0.3, 0.4) is 0 Å². The molecule has 0 saturated carbocycles. The molecule has 0 radical (unpaired) electrons. The molecule has 3 rings (SSSR count). The summed E-state index contributed by atoms with van der Waals surface area (Å²) in [5.41, 5.74) is 2.30. The van der Waals surface area contributed by atoms with E-state index in [2.05, 4.69) is 5.32 Å². The van der Waals surface area contributed by atoms with Gasteiger partial charge in [0.2, 0.25) is 0 Å². The molecule has 0 saturated heterocycles. The molecule has 4 nitrogen and oxygen atoms in total. The number of carbonyl (C=O) groups is 2. The van der Waals surface area contributed by atoms with Crippen LogP contribution in [0, 0.1) is 0 Å². The lowest BCUT2D eigenvalue weighted by atomic mass is 10.1. The monoisotopic (exact) mass is 372 g/mol. The maximum atomic E-state index is 12.6. The van der Waals surface area contributed by atoms with E-state index in [0.29, 0.717) is 17.1 Å². The molecule has 1 aliphatic rings. The smallest absolute Gasteiger partial charge is 0.251 e. The summed E-state index contributed by atoms with van der Waals surface area (Å²) >= 11 is 7.80. The lowest BCUT2D eigenvalue weighted by Gasteiger charge is -2.28. The first kappa shape index (κ1) is 17.6. The molecule has 0 aromatic heterocycles. The van der Waals surface area contributed by atoms with Gasteiger partial charge >= 0.3 is 0 Å². The third-order valence-electron chi connectivity index (χ3n) is 3.87. The Morgan fingerprint density at radius 2 is 1.96 bits per heavy atom. The average Bonchev–Trinajstić information content (AvgIpc) is 2.65. The van der Waals surface area contributed by atoms with E-state index in [1.807, 2.05) is 30.3 Å². The number of amides is 2. The van der Waals surface area contributed by atoms with Crippen molar-refractivity contribution in [1.29, 1.82) is 0 Å². The molecule has 1 heterocycles. The molecule has 2 amide bonds. The second-order valence-corrected chi connectivity index (χ2v) is 7.06. The number of hydrogen-bond acceptors (Lipinski definition) is 3. The Balaban J connectivity index is 1.76. The summed E-state index contributed by atoms with van der Waals surface area (Å²) in [7, 11) is 1.59. The predicted octanol–water partition coefficient (Wildman–Crippen LogP) is 3.85. The highest BCUT2D eigenvalue weighted by atomic mass is 35.5. The van der Waals surface area contributed by atoms with Crippen molar-refractivity contribution in [3.05, 3.63) is 64.7 Å². The minimum atomic E-state index is -0.133. The third-order valence-corrected chi connectivity index (χ3v) is 5.15. The number of benzene rings is 2. The minimum Gasteiger partial charge on any atom is -0.355 e. The van der Waals surface area contributed by atoms with Crippen LogP contribution < -0.4 is 10.2 Å². The molecule has 0 aliphatic carbocycles. The number of thioether (sulfide) groups is 1. The molecule has 1 N–H and O–H groups in total. The summed E-state index contributed by atoms with van der Waals surface area (Å²) in [5.74, 6) is 0.639. The molecular weight excluding hydrogens is 356 g/mol. The summed E-state index contributed by atoms with van der Waals surface area (Å²) in [6, 6.07) is 12.7. The van der Waals surface area contributed by atoms with E-state index >= 15 is 0 Å². The van der Waals surface area contributed by atoms with E-state index in [9.17, 15) is 9.59 Å². The van der Waals surface area contributed by atoms with Gasteiger partial charge in [0.15, 0.2) is 0 Å². The van der Waals surface area contributed by atoms with Gasteiger partial charge in [0.05, 0.1) is 5.69 Å². The third kappa shape index (κ3) is 4.06. The van der Waals surface area contributed by atoms with E-state index < -0.39 is 0 Å². The van der Waals surface area contributed by atoms with Crippen LogP contribution in [-0.2, 0) is 4.79 Å². The van der Waals surface area contributed by atoms with Crippen LogP contribution in [-0.4, -0.2) is 31.2 Å². The zero-order valence-electron chi connectivity index (χ0n) is 13.7. The topological polar surface area (TPSA) is 49.4 Å². The fourth-order valence-corrected chi connectivity index (χ4v) is 3.71. The summed E-state index contributed by atoms with van der Waals surface area (Å²) < 4.78 is 0. The first-order valence-electron chi connectivity index (χ1n) is 7.82. The summed E-state index contributed by atoms with van der Waals surface area (Å²) in [6.07, 6.45) is 3.30. The normalized spacial score (nSPS) is 13.6. The van der Waals surface area contributed by atoms with E-state index in [4.69, 9.17) is 11.6 Å². The lowest BCUT2D eigenvalue weighted by Crippen LogP contribution is -2.34. The number of carbonyl (C=O) groups excluding carboxylic acids is 2. The zero-order chi connectivity index (χ0) is 17.8. The van der Waals surface area contributed by atoms with E-state index in [-0.39, 0.29) is 11.8 Å². The molecule has 0 bridgehead atoms. The van der Waals surface area contributed by atoms with Crippen molar-refractivity contribution >= 4 is 46.9 Å². The number of hydrogen-bond donors (Lipinski definition) is 1. The molecule has 25 heavy (non-hydrogen) atoms. The highest BCUT2D eigenvalue weighted by molar-refractivity contribution is 7.99. The van der Waals surface area contributed by atoms with Crippen molar-refractivity contribution in [3.8, 4) is 0 Å². The van der Waals surface area contributed by atoms with Gasteiger partial charge < -0.3 is 10.2 Å². The fourth-order valence-electron chi connectivity index (χ4n) is 2.57. The molecule has 2 aromatic carbocycles. The second-order valence-electron chi connectivity index (χ2n) is 5.48. The second kappa shape index (κ2) is 7.76. The van der Waals surface area contributed by atoms with Crippen LogP contribution in [0.5, 0.6) is 0 Å². The van der Waals surface area contributed by atoms with Gasteiger partial charge in [-0.25, -0.2) is 0 Å². The average molecular weight is 373 g/mol. The molecule has 0 spiro atoms. The molecule has 0 atom stereocenters. The van der Waals surface area contributed by atoms with Crippen molar-refractivity contribution in [3.63, 3.8) is 0 Å². The Morgan fingerprint density at radius 1 is 1.20 bits per heavy atom. The minimum absolute atomic E-state index is 0.0841. The highest BCUT2D eigenvalue weighted by Crippen LogP contribution is 2.36. The first-order chi connectivity index (χ1) is 12.1. The van der Waals surface area contributed by atoms with Crippen LogP contribution in [0.4, 0.5) is 5.69 Å². The van der Waals surface area contributed by atoms with E-state index in [1.54, 1.807) is 48.0 Å². The standard InChI is InChI=1S/C19H17ClN2O2S/c1-21-19(24)14-5-2-13(3-6-14)4-9-18(23)22-10-11-25-17-8-7-15(20)12-16(17)22/h2-9,12H,10-11H2,1H3,(H,21,24)/b9-4+. The molecule has 0 unspecified atom stereocenters. The van der Waals surface area contributed by atoms with Crippen LogP contribution >= 0.6 is 23.4 Å². The van der Waals surface area contributed by atoms with Crippen molar-refractivity contribution in [1.82, 2.24) is 5.32 Å². The molecule has 6 heteroatoms. The number of nitrogens with zero attached hydrogens (tertiary/aromatic N) is 1. The van der Waals surface area contributed by atoms with Crippen LogP contribution in [0.25, 0.3) is 6.08 Å². The van der Waals surface area contributed by atoms with E-state index in [1.165, 1.54) is 0 Å². The molecular formula is C19H17ClN2O2S. The Morgan fingerprint density at radius 3 is 2.68 bits per heavy atom. The lowest BCUT2D eigenvalue weighted by molar-refractivity contribution is -0.114. The molecule has 128 valence electrons. The number of fused-ring (bicyclic) bond motifs is 1. The van der Waals surface area contributed by atoms with Crippen LogP contribution in [0.2, 0.25) is 5.02 Å². The van der Waals surface area contributed by atoms with Crippen molar-refractivity contribution in [2.75, 3.05) is 24.2 Å². The van der Waals surface area contributed by atoms with Gasteiger partial charge in [-0.05, 0) is 42.0 Å². The fraction of sp³-hybridized carbons (Fsp3) is 0.158. The van der Waals surface area contributed by atoms with Gasteiger partial charge in [-0.15, -0.1) is 11.8 Å². The maximum Gasteiger partial charge on any atom is 0.251 e. The Bertz CT molecular complexity index is 834.